The van der Waals surface area contributed by atoms with Gasteiger partial charge in [0.2, 0.25) is 0 Å². The second-order valence-electron chi connectivity index (χ2n) is 6.18. The van der Waals surface area contributed by atoms with Gasteiger partial charge in [-0.25, -0.2) is 4.79 Å². The van der Waals surface area contributed by atoms with Gasteiger partial charge in [-0.1, -0.05) is 11.6 Å². The molecule has 1 aliphatic heterocycles. The Labute approximate surface area is 147 Å². The van der Waals surface area contributed by atoms with Crippen LogP contribution in [0.4, 0.5) is 4.79 Å². The first-order valence-electron chi connectivity index (χ1n) is 8.10. The van der Waals surface area contributed by atoms with Crippen LogP contribution in [0.25, 0.3) is 0 Å². The molecule has 1 N–H and O–H groups in total. The summed E-state index contributed by atoms with van der Waals surface area (Å²) in [5, 5.41) is 3.39. The van der Waals surface area contributed by atoms with Gasteiger partial charge < -0.3 is 19.9 Å². The maximum absolute atomic E-state index is 12.7. The Kier molecular flexibility index (Phi) is 5.94. The molecule has 3 amide bonds. The molecular weight excluding hydrogens is 330 g/mol. The lowest BCUT2D eigenvalue weighted by Crippen LogP contribution is -2.57. The topological polar surface area (TPSA) is 61.9 Å². The molecule has 7 heteroatoms. The Bertz CT molecular complexity index is 581. The third-order valence-electron chi connectivity index (χ3n) is 3.88. The lowest BCUT2D eigenvalue weighted by Gasteiger charge is -2.38. The molecule has 0 atom stereocenters. The Hall–Kier alpha value is -1.95. The van der Waals surface area contributed by atoms with Crippen LogP contribution < -0.4 is 10.1 Å². The normalized spacial score (nSPS) is 15.2. The minimum Gasteiger partial charge on any atom is -0.478 e. The monoisotopic (exact) mass is 353 g/mol. The highest BCUT2D eigenvalue weighted by atomic mass is 35.5. The summed E-state index contributed by atoms with van der Waals surface area (Å²) < 4.78 is 5.84. The van der Waals surface area contributed by atoms with E-state index in [0.717, 1.165) is 0 Å². The second-order valence-corrected chi connectivity index (χ2v) is 6.62. The van der Waals surface area contributed by atoms with Crippen molar-refractivity contribution < 1.29 is 14.3 Å². The molecule has 0 aliphatic carbocycles. The molecule has 0 radical (unpaired) electrons. The Morgan fingerprint density at radius 2 is 1.67 bits per heavy atom. The van der Waals surface area contributed by atoms with Crippen molar-refractivity contribution in [2.45, 2.75) is 26.4 Å². The first kappa shape index (κ1) is 18.4. The molecular formula is C17H24ClN3O3. The number of urea groups is 1. The predicted octanol–water partition coefficient (Wildman–Crippen LogP) is 2.37. The number of rotatable bonds is 4. The zero-order valence-corrected chi connectivity index (χ0v) is 15.1. The van der Waals surface area contributed by atoms with E-state index in [9.17, 15) is 9.59 Å². The van der Waals surface area contributed by atoms with Crippen LogP contribution >= 0.6 is 11.6 Å². The fourth-order valence-electron chi connectivity index (χ4n) is 2.60. The van der Waals surface area contributed by atoms with Gasteiger partial charge in [-0.2, -0.15) is 0 Å². The molecule has 6 nitrogen and oxygen atoms in total. The summed E-state index contributed by atoms with van der Waals surface area (Å²) in [7, 11) is 0. The molecule has 1 heterocycles. The maximum atomic E-state index is 12.7. The van der Waals surface area contributed by atoms with Crippen molar-refractivity contribution in [3.63, 3.8) is 0 Å². The summed E-state index contributed by atoms with van der Waals surface area (Å²) in [6.07, 6.45) is 0. The fraction of sp³-hybridized carbons (Fsp3) is 0.529. The van der Waals surface area contributed by atoms with Gasteiger partial charge in [-0.3, -0.25) is 4.79 Å². The molecule has 0 saturated carbocycles. The number of piperazine rings is 1. The molecule has 0 spiro atoms. The Morgan fingerprint density at radius 3 is 2.21 bits per heavy atom. The van der Waals surface area contributed by atoms with Crippen LogP contribution in [0.3, 0.4) is 0 Å². The smallest absolute Gasteiger partial charge is 0.317 e. The molecule has 0 unspecified atom stereocenters. The summed E-state index contributed by atoms with van der Waals surface area (Å²) in [6, 6.07) is 6.85. The summed E-state index contributed by atoms with van der Waals surface area (Å²) in [5.41, 5.74) is -0.984. The van der Waals surface area contributed by atoms with Crippen molar-refractivity contribution in [2.75, 3.05) is 32.7 Å². The standard InChI is InChI=1S/C17H24ClN3O3/c1-4-19-16(23)21-11-9-20(10-12-21)15(22)17(2,3)24-14-7-5-13(18)6-8-14/h5-8H,4,9-12H2,1-3H3,(H,19,23). The summed E-state index contributed by atoms with van der Waals surface area (Å²) in [5.74, 6) is 0.506. The van der Waals surface area contributed by atoms with E-state index in [-0.39, 0.29) is 11.9 Å². The molecule has 0 bridgehead atoms. The van der Waals surface area contributed by atoms with Crippen LogP contribution in [-0.2, 0) is 4.79 Å². The van der Waals surface area contributed by atoms with E-state index in [0.29, 0.717) is 43.5 Å². The first-order valence-corrected chi connectivity index (χ1v) is 8.48. The van der Waals surface area contributed by atoms with Gasteiger partial charge in [0.1, 0.15) is 5.75 Å². The van der Waals surface area contributed by atoms with E-state index in [1.165, 1.54) is 0 Å². The highest BCUT2D eigenvalue weighted by molar-refractivity contribution is 6.30. The Morgan fingerprint density at radius 1 is 1.12 bits per heavy atom. The minimum atomic E-state index is -0.984. The van der Waals surface area contributed by atoms with Gasteiger partial charge in [-0.05, 0) is 45.0 Å². The van der Waals surface area contributed by atoms with Crippen LogP contribution in [0.2, 0.25) is 5.02 Å². The number of nitrogens with zero attached hydrogens (tertiary/aromatic N) is 2. The van der Waals surface area contributed by atoms with Crippen LogP contribution in [0.5, 0.6) is 5.75 Å². The molecule has 1 aliphatic rings. The molecule has 1 aromatic rings. The van der Waals surface area contributed by atoms with Crippen LogP contribution in [-0.4, -0.2) is 60.1 Å². The third-order valence-corrected chi connectivity index (χ3v) is 4.14. The SMILES string of the molecule is CCNC(=O)N1CCN(C(=O)C(C)(C)Oc2ccc(Cl)cc2)CC1. The van der Waals surface area contributed by atoms with Gasteiger partial charge in [0, 0.05) is 37.7 Å². The first-order chi connectivity index (χ1) is 11.3. The second kappa shape index (κ2) is 7.75. The third kappa shape index (κ3) is 4.54. The Balaban J connectivity index is 1.93. The van der Waals surface area contributed by atoms with Gasteiger partial charge in [0.15, 0.2) is 5.60 Å². The van der Waals surface area contributed by atoms with E-state index >= 15 is 0 Å². The predicted molar refractivity (Wildman–Crippen MR) is 93.4 cm³/mol. The van der Waals surface area contributed by atoms with E-state index in [2.05, 4.69) is 5.32 Å². The molecule has 1 saturated heterocycles. The molecule has 0 aromatic heterocycles. The van der Waals surface area contributed by atoms with Crippen molar-refractivity contribution in [3.05, 3.63) is 29.3 Å². The highest BCUT2D eigenvalue weighted by Gasteiger charge is 2.36. The van der Waals surface area contributed by atoms with Crippen molar-refractivity contribution >= 4 is 23.5 Å². The summed E-state index contributed by atoms with van der Waals surface area (Å²) >= 11 is 5.86. The summed E-state index contributed by atoms with van der Waals surface area (Å²) in [4.78, 5) is 28.0. The lowest BCUT2D eigenvalue weighted by atomic mass is 10.1. The zero-order chi connectivity index (χ0) is 17.7. The molecule has 24 heavy (non-hydrogen) atoms. The number of hydrogen-bond donors (Lipinski definition) is 1. The van der Waals surface area contributed by atoms with E-state index < -0.39 is 5.60 Å². The van der Waals surface area contributed by atoms with Gasteiger partial charge in [0.25, 0.3) is 5.91 Å². The number of hydrogen-bond acceptors (Lipinski definition) is 3. The molecule has 132 valence electrons. The molecule has 2 rings (SSSR count). The van der Waals surface area contributed by atoms with Crippen LogP contribution in [0, 0.1) is 0 Å². The largest absolute Gasteiger partial charge is 0.478 e. The van der Waals surface area contributed by atoms with Crippen molar-refractivity contribution in [1.29, 1.82) is 0 Å². The zero-order valence-electron chi connectivity index (χ0n) is 14.3. The van der Waals surface area contributed by atoms with Gasteiger partial charge in [0.05, 0.1) is 0 Å². The quantitative estimate of drug-likeness (QED) is 0.904. The molecule has 1 aromatic carbocycles. The van der Waals surface area contributed by atoms with E-state index in [4.69, 9.17) is 16.3 Å². The fourth-order valence-corrected chi connectivity index (χ4v) is 2.72. The number of ether oxygens (including phenoxy) is 1. The number of amides is 3. The highest BCUT2D eigenvalue weighted by Crippen LogP contribution is 2.22. The number of carbonyl (C=O) groups excluding carboxylic acids is 2. The van der Waals surface area contributed by atoms with E-state index in [1.54, 1.807) is 47.9 Å². The number of benzene rings is 1. The lowest BCUT2D eigenvalue weighted by molar-refractivity contribution is -0.146. The number of carbonyl (C=O) groups is 2. The average molecular weight is 354 g/mol. The number of halogens is 1. The average Bonchev–Trinajstić information content (AvgIpc) is 2.56. The van der Waals surface area contributed by atoms with E-state index in [1.807, 2.05) is 6.92 Å². The van der Waals surface area contributed by atoms with Crippen molar-refractivity contribution in [2.24, 2.45) is 0 Å². The summed E-state index contributed by atoms with van der Waals surface area (Å²) in [6.45, 7) is 8.03. The van der Waals surface area contributed by atoms with Crippen LogP contribution in [0.15, 0.2) is 24.3 Å². The van der Waals surface area contributed by atoms with Gasteiger partial charge >= 0.3 is 6.03 Å². The number of nitrogens with one attached hydrogen (secondary N) is 1. The van der Waals surface area contributed by atoms with Gasteiger partial charge in [-0.15, -0.1) is 0 Å². The van der Waals surface area contributed by atoms with Crippen molar-refractivity contribution in [3.8, 4) is 5.75 Å². The minimum absolute atomic E-state index is 0.0822. The van der Waals surface area contributed by atoms with Crippen LogP contribution in [0.1, 0.15) is 20.8 Å². The van der Waals surface area contributed by atoms with Crippen molar-refractivity contribution in [1.82, 2.24) is 15.1 Å². The maximum Gasteiger partial charge on any atom is 0.317 e. The molecule has 1 fully saturated rings.